The normalized spacial score (nSPS) is 13.3. The summed E-state index contributed by atoms with van der Waals surface area (Å²) in [4.78, 5) is 27.6. The van der Waals surface area contributed by atoms with Crippen LogP contribution >= 0.6 is 46.4 Å². The molecule has 0 amide bonds. The molecular formula is C45H63BrCl4N4O4. The van der Waals surface area contributed by atoms with E-state index in [9.17, 15) is 19.8 Å². The predicted molar refractivity (Wildman–Crippen MR) is 239 cm³/mol. The Morgan fingerprint density at radius 2 is 1.05 bits per heavy atom. The highest BCUT2D eigenvalue weighted by atomic mass is 79.9. The molecule has 0 fully saturated rings. The van der Waals surface area contributed by atoms with E-state index in [2.05, 4.69) is 44.9 Å². The molecule has 13 heteroatoms. The molecule has 1 aliphatic rings. The van der Waals surface area contributed by atoms with E-state index >= 15 is 0 Å². The number of halogens is 5. The maximum absolute atomic E-state index is 11.6. The van der Waals surface area contributed by atoms with E-state index in [1.54, 1.807) is 0 Å². The van der Waals surface area contributed by atoms with Gasteiger partial charge in [0.25, 0.3) is 5.82 Å². The van der Waals surface area contributed by atoms with E-state index in [-0.39, 0.29) is 29.8 Å². The predicted octanol–water partition coefficient (Wildman–Crippen LogP) is 10.7. The molecule has 0 bridgehead atoms. The van der Waals surface area contributed by atoms with Crippen LogP contribution in [0.25, 0.3) is 17.1 Å². The summed E-state index contributed by atoms with van der Waals surface area (Å²) in [5.74, 6) is 0.202. The number of hydrogen-bond acceptors (Lipinski definition) is 4. The van der Waals surface area contributed by atoms with Crippen LogP contribution in [0.5, 0.6) is 0 Å². The second kappa shape index (κ2) is 26.7. The van der Waals surface area contributed by atoms with Gasteiger partial charge in [0.1, 0.15) is 5.82 Å². The van der Waals surface area contributed by atoms with Gasteiger partial charge in [-0.15, -0.1) is 0 Å². The number of rotatable bonds is 28. The number of unbranched alkanes of at least 4 members (excludes halogenated alkanes) is 14. The summed E-state index contributed by atoms with van der Waals surface area (Å²) >= 11 is 26.5. The third kappa shape index (κ3) is 14.9. The van der Waals surface area contributed by atoms with Crippen molar-refractivity contribution in [3.63, 3.8) is 0 Å². The number of anilines is 2. The smallest absolute Gasteiger partial charge is 0.303 e. The molecular weight excluding hydrogens is 882 g/mol. The van der Waals surface area contributed by atoms with Gasteiger partial charge in [0, 0.05) is 44.1 Å². The molecule has 2 aromatic carbocycles. The maximum Gasteiger partial charge on any atom is 0.303 e. The zero-order valence-electron chi connectivity index (χ0n) is 34.4. The molecule has 2 N–H and O–H groups in total. The van der Waals surface area contributed by atoms with E-state index < -0.39 is 11.9 Å². The number of aryl methyl sites for hydroxylation is 2. The van der Waals surface area contributed by atoms with Crippen molar-refractivity contribution in [1.82, 2.24) is 4.57 Å². The minimum atomic E-state index is -0.832. The molecule has 0 saturated carbocycles. The number of nitrogens with zero attached hydrogens (tertiary/aromatic N) is 4. The third-order valence-electron chi connectivity index (χ3n) is 10.8. The Hall–Kier alpha value is -2.43. The summed E-state index contributed by atoms with van der Waals surface area (Å²) < 4.78 is 4.45. The monoisotopic (exact) mass is 942 g/mol. The fraction of sp³-hybridized carbons (Fsp3) is 0.578. The molecule has 58 heavy (non-hydrogen) atoms. The Kier molecular flexibility index (Phi) is 23.0. The van der Waals surface area contributed by atoms with Crippen LogP contribution < -0.4 is 31.3 Å². The van der Waals surface area contributed by atoms with Crippen molar-refractivity contribution in [2.75, 3.05) is 22.9 Å². The minimum absolute atomic E-state index is 0. The van der Waals surface area contributed by atoms with Crippen molar-refractivity contribution in [1.29, 1.82) is 0 Å². The fourth-order valence-electron chi connectivity index (χ4n) is 7.81. The molecule has 2 heterocycles. The summed E-state index contributed by atoms with van der Waals surface area (Å²) in [6.07, 6.45) is 26.5. The van der Waals surface area contributed by atoms with E-state index in [0.717, 1.165) is 72.8 Å². The van der Waals surface area contributed by atoms with Crippen LogP contribution in [0.2, 0.25) is 20.1 Å². The van der Waals surface area contributed by atoms with Gasteiger partial charge in [-0.1, -0.05) is 150 Å². The SMILES string of the molecule is CCCCCCCCCCN1/C(=C\C=C\c2n(CCCCCCCCCC)c3cc(Cl)c(Cl)cc3[n+]2CCCC(=O)O)N(CCCC(=O)O)c2cc(Cl)c(Cl)cc21.[Br-]. The number of fused-ring (bicyclic) bond motifs is 2. The molecule has 1 aliphatic heterocycles. The number of benzene rings is 2. The van der Waals surface area contributed by atoms with Crippen molar-refractivity contribution in [3.8, 4) is 0 Å². The molecule has 0 saturated heterocycles. The number of carboxylic acid groups (broad SMARTS) is 2. The van der Waals surface area contributed by atoms with Gasteiger partial charge in [-0.25, -0.2) is 9.13 Å². The van der Waals surface area contributed by atoms with Gasteiger partial charge in [0.15, 0.2) is 11.0 Å². The lowest BCUT2D eigenvalue weighted by molar-refractivity contribution is -0.674. The van der Waals surface area contributed by atoms with Crippen molar-refractivity contribution >= 4 is 86.8 Å². The lowest BCUT2D eigenvalue weighted by Crippen LogP contribution is -3.00. The molecule has 0 atom stereocenters. The third-order valence-corrected chi connectivity index (χ3v) is 12.3. The van der Waals surface area contributed by atoms with Crippen molar-refractivity contribution in [2.45, 2.75) is 155 Å². The standard InChI is InChI=1S/C45H62Cl4N4O4.BrH/c1-3-5-7-9-11-13-15-17-26-50-38-30-34(46)36(48)32-40(38)52(28-20-24-44(54)55)42(50)22-19-23-43-51(27-18-16-14-12-10-8-6-4-2)39-31-35(47)37(49)33-41(39)53(43)29-21-25-45(56)57;/h19,22-23,30-33H,3-18,20-21,24-29H2,1-2H3,(H-,54,55,56,57);1H. The molecule has 0 radical (unpaired) electrons. The number of carbonyl (C=O) groups is 2. The lowest BCUT2D eigenvalue weighted by Gasteiger charge is -2.25. The van der Waals surface area contributed by atoms with Crippen LogP contribution in [0.3, 0.4) is 0 Å². The molecule has 8 nitrogen and oxygen atoms in total. The summed E-state index contributed by atoms with van der Waals surface area (Å²) in [5, 5.41) is 20.9. The maximum atomic E-state index is 11.6. The van der Waals surface area contributed by atoms with Gasteiger partial charge >= 0.3 is 11.9 Å². The molecule has 0 spiro atoms. The molecule has 1 aromatic heterocycles. The Morgan fingerprint density at radius 1 is 0.603 bits per heavy atom. The van der Waals surface area contributed by atoms with E-state index in [1.165, 1.54) is 77.0 Å². The van der Waals surface area contributed by atoms with Gasteiger partial charge in [-0.05, 0) is 50.3 Å². The molecule has 0 aliphatic carbocycles. The minimum Gasteiger partial charge on any atom is -1.00 e. The quantitative estimate of drug-likeness (QED) is 0.0557. The highest BCUT2D eigenvalue weighted by Gasteiger charge is 2.32. The topological polar surface area (TPSA) is 89.9 Å². The fourth-order valence-corrected chi connectivity index (χ4v) is 8.44. The molecule has 322 valence electrons. The van der Waals surface area contributed by atoms with E-state index in [0.29, 0.717) is 46.0 Å². The number of allylic oxidation sites excluding steroid dienone is 2. The Morgan fingerprint density at radius 3 is 1.59 bits per heavy atom. The molecule has 3 aromatic rings. The molecule has 4 rings (SSSR count). The van der Waals surface area contributed by atoms with Crippen molar-refractivity contribution in [3.05, 3.63) is 68.2 Å². The van der Waals surface area contributed by atoms with Crippen molar-refractivity contribution in [2.24, 2.45) is 0 Å². The first-order chi connectivity index (χ1) is 27.6. The highest BCUT2D eigenvalue weighted by Crippen LogP contribution is 2.46. The molecule has 0 unspecified atom stereocenters. The van der Waals surface area contributed by atoms with Crippen LogP contribution in [0.15, 0.2) is 42.2 Å². The van der Waals surface area contributed by atoms with Gasteiger partial charge in [-0.2, -0.15) is 0 Å². The lowest BCUT2D eigenvalue weighted by atomic mass is 10.1. The Balaban J connectivity index is 0.00000900. The van der Waals surface area contributed by atoms with Crippen LogP contribution in [-0.2, 0) is 22.7 Å². The Labute approximate surface area is 376 Å². The van der Waals surface area contributed by atoms with E-state index in [1.807, 2.05) is 30.3 Å². The van der Waals surface area contributed by atoms with Gasteiger partial charge < -0.3 is 37.0 Å². The first-order valence-corrected chi connectivity index (χ1v) is 22.9. The Bertz CT molecular complexity index is 1830. The zero-order chi connectivity index (χ0) is 41.2. The van der Waals surface area contributed by atoms with Crippen LogP contribution in [0, 0.1) is 0 Å². The first kappa shape index (κ1) is 49.9. The summed E-state index contributed by atoms with van der Waals surface area (Å²) in [5.41, 5.74) is 3.73. The number of carboxylic acids is 2. The summed E-state index contributed by atoms with van der Waals surface area (Å²) in [7, 11) is 0. The second-order valence-electron chi connectivity index (χ2n) is 15.3. The van der Waals surface area contributed by atoms with Gasteiger partial charge in [-0.3, -0.25) is 9.59 Å². The zero-order valence-corrected chi connectivity index (χ0v) is 39.0. The summed E-state index contributed by atoms with van der Waals surface area (Å²) in [6.45, 7) is 7.02. The summed E-state index contributed by atoms with van der Waals surface area (Å²) in [6, 6.07) is 7.61. The second-order valence-corrected chi connectivity index (χ2v) is 16.9. The van der Waals surface area contributed by atoms with Gasteiger partial charge in [0.2, 0.25) is 0 Å². The van der Waals surface area contributed by atoms with Crippen LogP contribution in [0.4, 0.5) is 11.4 Å². The number of hydrogen-bond donors (Lipinski definition) is 2. The number of imidazole rings is 1. The number of aromatic nitrogens is 2. The van der Waals surface area contributed by atoms with Crippen LogP contribution in [0.1, 0.15) is 148 Å². The average Bonchev–Trinajstić information content (AvgIpc) is 3.59. The van der Waals surface area contributed by atoms with Crippen LogP contribution in [-0.4, -0.2) is 39.8 Å². The van der Waals surface area contributed by atoms with Crippen molar-refractivity contribution < 1.29 is 41.4 Å². The first-order valence-electron chi connectivity index (χ1n) is 21.3. The number of aliphatic carboxylic acids is 2. The average molecular weight is 946 g/mol. The van der Waals surface area contributed by atoms with Gasteiger partial charge in [0.05, 0.1) is 44.6 Å². The van der Waals surface area contributed by atoms with E-state index in [4.69, 9.17) is 46.4 Å². The highest BCUT2D eigenvalue weighted by molar-refractivity contribution is 6.43. The largest absolute Gasteiger partial charge is 1.00 e.